The zero-order valence-corrected chi connectivity index (χ0v) is 9.41. The van der Waals surface area contributed by atoms with E-state index < -0.39 is 11.7 Å². The lowest BCUT2D eigenvalue weighted by Gasteiger charge is -2.12. The topological polar surface area (TPSA) is 20.2 Å². The molecule has 2 aromatic rings. The van der Waals surface area contributed by atoms with Gasteiger partial charge in [0.1, 0.15) is 0 Å². The molecule has 4 heteroatoms. The molecule has 94 valence electrons. The molecule has 0 bridgehead atoms. The van der Waals surface area contributed by atoms with Gasteiger partial charge in [-0.1, -0.05) is 36.4 Å². The van der Waals surface area contributed by atoms with E-state index in [9.17, 15) is 18.3 Å². The molecule has 0 aliphatic heterocycles. The molecule has 2 aromatic carbocycles. The number of halogens is 3. The third-order valence-electron chi connectivity index (χ3n) is 2.69. The molecule has 0 radical (unpaired) electrons. The van der Waals surface area contributed by atoms with Gasteiger partial charge in [-0.25, -0.2) is 0 Å². The number of hydrogen-bond acceptors (Lipinski definition) is 1. The molecule has 0 aromatic heterocycles. The zero-order valence-electron chi connectivity index (χ0n) is 9.41. The van der Waals surface area contributed by atoms with Crippen molar-refractivity contribution in [3.63, 3.8) is 0 Å². The van der Waals surface area contributed by atoms with Gasteiger partial charge in [0.05, 0.1) is 12.2 Å². The SMILES string of the molecule is OCc1ccc(C(F)(F)F)cc1-c1ccccc1. The summed E-state index contributed by atoms with van der Waals surface area (Å²) in [5, 5.41) is 9.19. The van der Waals surface area contributed by atoms with E-state index >= 15 is 0 Å². The first-order valence-electron chi connectivity index (χ1n) is 5.39. The summed E-state index contributed by atoms with van der Waals surface area (Å²) in [6, 6.07) is 12.1. The Balaban J connectivity index is 2.57. The maximum absolute atomic E-state index is 12.7. The monoisotopic (exact) mass is 252 g/mol. The molecular weight excluding hydrogens is 241 g/mol. The number of rotatable bonds is 2. The van der Waals surface area contributed by atoms with E-state index in [1.165, 1.54) is 6.07 Å². The fraction of sp³-hybridized carbons (Fsp3) is 0.143. The Kier molecular flexibility index (Phi) is 3.39. The first-order valence-corrected chi connectivity index (χ1v) is 5.39. The Bertz CT molecular complexity index is 532. The van der Waals surface area contributed by atoms with Crippen molar-refractivity contribution in [2.75, 3.05) is 0 Å². The third kappa shape index (κ3) is 2.54. The summed E-state index contributed by atoms with van der Waals surface area (Å²) < 4.78 is 38.0. The van der Waals surface area contributed by atoms with Gasteiger partial charge in [0, 0.05) is 0 Å². The molecule has 0 aliphatic carbocycles. The third-order valence-corrected chi connectivity index (χ3v) is 2.69. The predicted octanol–water partition coefficient (Wildman–Crippen LogP) is 3.86. The fourth-order valence-electron chi connectivity index (χ4n) is 1.78. The van der Waals surface area contributed by atoms with Gasteiger partial charge in [-0.15, -0.1) is 0 Å². The number of hydrogen-bond donors (Lipinski definition) is 1. The van der Waals surface area contributed by atoms with Crippen molar-refractivity contribution < 1.29 is 18.3 Å². The van der Waals surface area contributed by atoms with Gasteiger partial charge in [-0.3, -0.25) is 0 Å². The highest BCUT2D eigenvalue weighted by Gasteiger charge is 2.31. The molecule has 18 heavy (non-hydrogen) atoms. The smallest absolute Gasteiger partial charge is 0.392 e. The Morgan fingerprint density at radius 2 is 1.61 bits per heavy atom. The summed E-state index contributed by atoms with van der Waals surface area (Å²) in [6.07, 6.45) is -4.38. The van der Waals surface area contributed by atoms with E-state index in [0.717, 1.165) is 12.1 Å². The second-order valence-corrected chi connectivity index (χ2v) is 3.89. The van der Waals surface area contributed by atoms with Crippen LogP contribution in [0.4, 0.5) is 13.2 Å². The first kappa shape index (κ1) is 12.6. The minimum absolute atomic E-state index is 0.289. The van der Waals surface area contributed by atoms with Gasteiger partial charge in [-0.2, -0.15) is 13.2 Å². The van der Waals surface area contributed by atoms with Gasteiger partial charge in [0.2, 0.25) is 0 Å². The van der Waals surface area contributed by atoms with Crippen LogP contribution >= 0.6 is 0 Å². The van der Waals surface area contributed by atoms with Crippen LogP contribution in [0.15, 0.2) is 48.5 Å². The Morgan fingerprint density at radius 1 is 0.944 bits per heavy atom. The lowest BCUT2D eigenvalue weighted by atomic mass is 9.97. The van der Waals surface area contributed by atoms with Crippen molar-refractivity contribution in [2.45, 2.75) is 12.8 Å². The highest BCUT2D eigenvalue weighted by molar-refractivity contribution is 5.68. The molecule has 0 fully saturated rings. The van der Waals surface area contributed by atoms with Crippen molar-refractivity contribution in [1.82, 2.24) is 0 Å². The van der Waals surface area contributed by atoms with Crippen LogP contribution in [-0.2, 0) is 12.8 Å². The maximum atomic E-state index is 12.7. The molecule has 2 rings (SSSR count). The van der Waals surface area contributed by atoms with Crippen molar-refractivity contribution in [2.24, 2.45) is 0 Å². The van der Waals surface area contributed by atoms with E-state index in [4.69, 9.17) is 0 Å². The average molecular weight is 252 g/mol. The maximum Gasteiger partial charge on any atom is 0.416 e. The molecule has 0 unspecified atom stereocenters. The van der Waals surface area contributed by atoms with Gasteiger partial charge in [-0.05, 0) is 28.8 Å². The van der Waals surface area contributed by atoms with E-state index in [-0.39, 0.29) is 6.61 Å². The lowest BCUT2D eigenvalue weighted by molar-refractivity contribution is -0.137. The molecule has 0 amide bonds. The first-order chi connectivity index (χ1) is 8.52. The lowest BCUT2D eigenvalue weighted by Crippen LogP contribution is -2.05. The van der Waals surface area contributed by atoms with Crippen molar-refractivity contribution in [3.05, 3.63) is 59.7 Å². The molecule has 0 saturated heterocycles. The Labute approximate surface area is 103 Å². The number of alkyl halides is 3. The normalized spacial score (nSPS) is 11.6. The fourth-order valence-corrected chi connectivity index (χ4v) is 1.78. The van der Waals surface area contributed by atoms with Crippen LogP contribution in [0.25, 0.3) is 11.1 Å². The molecule has 0 saturated carbocycles. The predicted molar refractivity (Wildman–Crippen MR) is 62.8 cm³/mol. The van der Waals surface area contributed by atoms with Gasteiger partial charge >= 0.3 is 6.18 Å². The van der Waals surface area contributed by atoms with Crippen molar-refractivity contribution in [1.29, 1.82) is 0 Å². The summed E-state index contributed by atoms with van der Waals surface area (Å²) in [5.74, 6) is 0. The van der Waals surface area contributed by atoms with Crippen molar-refractivity contribution in [3.8, 4) is 11.1 Å². The second kappa shape index (κ2) is 4.82. The van der Waals surface area contributed by atoms with Crippen LogP contribution in [0.1, 0.15) is 11.1 Å². The number of aliphatic hydroxyl groups is 1. The minimum Gasteiger partial charge on any atom is -0.392 e. The summed E-state index contributed by atoms with van der Waals surface area (Å²) in [6.45, 7) is -0.289. The largest absolute Gasteiger partial charge is 0.416 e. The molecular formula is C14H11F3O. The average Bonchev–Trinajstić information content (AvgIpc) is 2.38. The van der Waals surface area contributed by atoms with Crippen LogP contribution in [0, 0.1) is 0 Å². The molecule has 0 heterocycles. The summed E-state index contributed by atoms with van der Waals surface area (Å²) in [5.41, 5.74) is 0.841. The van der Waals surface area contributed by atoms with E-state index in [0.29, 0.717) is 16.7 Å². The van der Waals surface area contributed by atoms with E-state index in [2.05, 4.69) is 0 Å². The van der Waals surface area contributed by atoms with Crippen LogP contribution < -0.4 is 0 Å². The minimum atomic E-state index is -4.38. The zero-order chi connectivity index (χ0) is 13.2. The van der Waals surface area contributed by atoms with Gasteiger partial charge < -0.3 is 5.11 Å². The van der Waals surface area contributed by atoms with E-state index in [1.807, 2.05) is 0 Å². The van der Waals surface area contributed by atoms with Crippen LogP contribution in [0.2, 0.25) is 0 Å². The Hall–Kier alpha value is -1.81. The molecule has 0 atom stereocenters. The van der Waals surface area contributed by atoms with Gasteiger partial charge in [0.15, 0.2) is 0 Å². The van der Waals surface area contributed by atoms with Gasteiger partial charge in [0.25, 0.3) is 0 Å². The second-order valence-electron chi connectivity index (χ2n) is 3.89. The standard InChI is InChI=1S/C14H11F3O/c15-14(16,17)12-7-6-11(9-18)13(8-12)10-4-2-1-3-5-10/h1-8,18H,9H2. The molecule has 0 aliphatic rings. The highest BCUT2D eigenvalue weighted by atomic mass is 19.4. The summed E-state index contributed by atoms with van der Waals surface area (Å²) >= 11 is 0. The van der Waals surface area contributed by atoms with Crippen LogP contribution in [0.3, 0.4) is 0 Å². The summed E-state index contributed by atoms with van der Waals surface area (Å²) in [7, 11) is 0. The highest BCUT2D eigenvalue weighted by Crippen LogP contribution is 2.34. The molecule has 1 nitrogen and oxygen atoms in total. The quantitative estimate of drug-likeness (QED) is 0.860. The molecule has 1 N–H and O–H groups in total. The van der Waals surface area contributed by atoms with Crippen LogP contribution in [-0.4, -0.2) is 5.11 Å². The molecule has 0 spiro atoms. The Morgan fingerprint density at radius 3 is 2.17 bits per heavy atom. The van der Waals surface area contributed by atoms with Crippen molar-refractivity contribution >= 4 is 0 Å². The number of benzene rings is 2. The number of aliphatic hydroxyl groups excluding tert-OH is 1. The van der Waals surface area contributed by atoms with Crippen LogP contribution in [0.5, 0.6) is 0 Å². The summed E-state index contributed by atoms with van der Waals surface area (Å²) in [4.78, 5) is 0. The van der Waals surface area contributed by atoms with E-state index in [1.54, 1.807) is 30.3 Å².